The second-order valence-corrected chi connectivity index (χ2v) is 7.24. The van der Waals surface area contributed by atoms with Gasteiger partial charge in [-0.25, -0.2) is 0 Å². The van der Waals surface area contributed by atoms with Gasteiger partial charge in [0.1, 0.15) is 5.75 Å². The molecule has 1 aliphatic rings. The van der Waals surface area contributed by atoms with Crippen molar-refractivity contribution in [2.45, 2.75) is 39.2 Å². The van der Waals surface area contributed by atoms with Crippen LogP contribution in [0.1, 0.15) is 51.5 Å². The molecule has 1 amide bonds. The predicted octanol–water partition coefficient (Wildman–Crippen LogP) is 4.60. The topological polar surface area (TPSA) is 29.5 Å². The lowest BCUT2D eigenvalue weighted by atomic mass is 10.0. The maximum absolute atomic E-state index is 13.0. The number of methoxy groups -OCH3 is 1. The number of aryl methyl sites for hydroxylation is 2. The third-order valence-electron chi connectivity index (χ3n) is 4.60. The van der Waals surface area contributed by atoms with E-state index in [4.69, 9.17) is 4.74 Å². The molecule has 0 spiro atoms. The summed E-state index contributed by atoms with van der Waals surface area (Å²) in [6.45, 7) is 5.07. The minimum atomic E-state index is 0.157. The molecule has 2 aromatic rings. The van der Waals surface area contributed by atoms with Crippen LogP contribution in [-0.2, 0) is 6.42 Å². The zero-order chi connectivity index (χ0) is 16.4. The summed E-state index contributed by atoms with van der Waals surface area (Å²) >= 11 is 1.62. The molecule has 1 aliphatic heterocycles. The van der Waals surface area contributed by atoms with Gasteiger partial charge in [0.05, 0.1) is 18.0 Å². The molecule has 0 radical (unpaired) electrons. The van der Waals surface area contributed by atoms with Crippen LogP contribution in [0.2, 0.25) is 0 Å². The first-order valence-electron chi connectivity index (χ1n) is 8.18. The second-order valence-electron chi connectivity index (χ2n) is 5.98. The molecule has 1 fully saturated rings. The van der Waals surface area contributed by atoms with Crippen molar-refractivity contribution in [1.29, 1.82) is 0 Å². The van der Waals surface area contributed by atoms with Gasteiger partial charge in [0.2, 0.25) is 0 Å². The molecule has 0 aliphatic carbocycles. The molecule has 2 heterocycles. The van der Waals surface area contributed by atoms with Crippen LogP contribution in [-0.4, -0.2) is 24.5 Å². The third-order valence-corrected chi connectivity index (χ3v) is 5.69. The quantitative estimate of drug-likeness (QED) is 0.820. The number of carbonyl (C=O) groups is 1. The highest BCUT2D eigenvalue weighted by molar-refractivity contribution is 7.14. The molecule has 4 heteroatoms. The molecule has 23 heavy (non-hydrogen) atoms. The number of ether oxygens (including phenoxy) is 1. The first-order valence-corrected chi connectivity index (χ1v) is 9.00. The Morgan fingerprint density at radius 2 is 2.22 bits per heavy atom. The van der Waals surface area contributed by atoms with E-state index in [1.807, 2.05) is 23.1 Å². The maximum Gasteiger partial charge on any atom is 0.264 e. The summed E-state index contributed by atoms with van der Waals surface area (Å²) in [7, 11) is 1.68. The van der Waals surface area contributed by atoms with E-state index in [1.54, 1.807) is 18.4 Å². The number of amides is 1. The van der Waals surface area contributed by atoms with Gasteiger partial charge < -0.3 is 9.64 Å². The fraction of sp³-hybridized carbons (Fsp3) is 0.421. The van der Waals surface area contributed by atoms with E-state index in [0.29, 0.717) is 0 Å². The van der Waals surface area contributed by atoms with E-state index < -0.39 is 0 Å². The van der Waals surface area contributed by atoms with Gasteiger partial charge >= 0.3 is 0 Å². The third kappa shape index (κ3) is 3.13. The van der Waals surface area contributed by atoms with Gasteiger partial charge in [-0.05, 0) is 55.5 Å². The predicted molar refractivity (Wildman–Crippen MR) is 94.4 cm³/mol. The number of likely N-dealkylation sites (tertiary alicyclic amines) is 1. The molecule has 0 N–H and O–H groups in total. The zero-order valence-corrected chi connectivity index (χ0v) is 14.8. The molecule has 3 rings (SSSR count). The molecule has 1 aromatic heterocycles. The van der Waals surface area contributed by atoms with Crippen LogP contribution in [0, 0.1) is 6.92 Å². The molecule has 1 aromatic carbocycles. The Labute approximate surface area is 141 Å². The number of benzene rings is 1. The minimum Gasteiger partial charge on any atom is -0.497 e. The van der Waals surface area contributed by atoms with Crippen LogP contribution in [0.5, 0.6) is 5.75 Å². The van der Waals surface area contributed by atoms with Crippen LogP contribution in [0.25, 0.3) is 0 Å². The summed E-state index contributed by atoms with van der Waals surface area (Å²) in [5.74, 6) is 1.02. The number of hydrogen-bond acceptors (Lipinski definition) is 3. The SMILES string of the molecule is CCc1cc(C(=O)N2CCCC2c2cccc(OC)c2)sc1C. The highest BCUT2D eigenvalue weighted by Gasteiger charge is 2.31. The van der Waals surface area contributed by atoms with Crippen molar-refractivity contribution in [3.05, 3.63) is 51.2 Å². The normalized spacial score (nSPS) is 17.5. The van der Waals surface area contributed by atoms with Gasteiger partial charge in [-0.1, -0.05) is 19.1 Å². The lowest BCUT2D eigenvalue weighted by molar-refractivity contribution is 0.0740. The first kappa shape index (κ1) is 16.1. The molecule has 1 atom stereocenters. The molecule has 0 bridgehead atoms. The Kier molecular flexibility index (Phi) is 4.71. The largest absolute Gasteiger partial charge is 0.497 e. The van der Waals surface area contributed by atoms with E-state index in [-0.39, 0.29) is 11.9 Å². The van der Waals surface area contributed by atoms with Crippen molar-refractivity contribution in [3.8, 4) is 5.75 Å². The monoisotopic (exact) mass is 329 g/mol. The van der Waals surface area contributed by atoms with Gasteiger partial charge in [0.25, 0.3) is 5.91 Å². The highest BCUT2D eigenvalue weighted by atomic mass is 32.1. The average molecular weight is 329 g/mol. The zero-order valence-electron chi connectivity index (χ0n) is 14.0. The van der Waals surface area contributed by atoms with Gasteiger partial charge in [0, 0.05) is 11.4 Å². The van der Waals surface area contributed by atoms with Crippen molar-refractivity contribution in [3.63, 3.8) is 0 Å². The summed E-state index contributed by atoms with van der Waals surface area (Å²) in [5, 5.41) is 0. The standard InChI is InChI=1S/C19H23NO2S/c1-4-14-12-18(23-13(14)2)19(21)20-10-6-9-17(20)15-7-5-8-16(11-15)22-3/h5,7-8,11-12,17H,4,6,9-10H2,1-3H3. The summed E-state index contributed by atoms with van der Waals surface area (Å²) in [4.78, 5) is 17.1. The highest BCUT2D eigenvalue weighted by Crippen LogP contribution is 2.35. The Balaban J connectivity index is 1.86. The molecule has 1 unspecified atom stereocenters. The van der Waals surface area contributed by atoms with E-state index in [9.17, 15) is 4.79 Å². The summed E-state index contributed by atoms with van der Waals surface area (Å²) in [5.41, 5.74) is 2.45. The Bertz CT molecular complexity index is 707. The van der Waals surface area contributed by atoms with Gasteiger partial charge in [-0.15, -0.1) is 11.3 Å². The molecule has 1 saturated heterocycles. The molecule has 122 valence electrons. The first-order chi connectivity index (χ1) is 11.1. The van der Waals surface area contributed by atoms with E-state index in [2.05, 4.69) is 26.0 Å². The summed E-state index contributed by atoms with van der Waals surface area (Å²) < 4.78 is 5.33. The second kappa shape index (κ2) is 6.75. The van der Waals surface area contributed by atoms with Gasteiger partial charge in [-0.3, -0.25) is 4.79 Å². The fourth-order valence-corrected chi connectivity index (χ4v) is 4.39. The fourth-order valence-electron chi connectivity index (χ4n) is 3.32. The van der Waals surface area contributed by atoms with Crippen LogP contribution in [0.3, 0.4) is 0 Å². The number of thiophene rings is 1. The van der Waals surface area contributed by atoms with Crippen LogP contribution in [0.4, 0.5) is 0 Å². The molecule has 0 saturated carbocycles. The van der Waals surface area contributed by atoms with Crippen molar-refractivity contribution >= 4 is 17.2 Å². The number of nitrogens with zero attached hydrogens (tertiary/aromatic N) is 1. The summed E-state index contributed by atoms with van der Waals surface area (Å²) in [6.07, 6.45) is 3.05. The Morgan fingerprint density at radius 1 is 1.39 bits per heavy atom. The Hall–Kier alpha value is -1.81. The van der Waals surface area contributed by atoms with Crippen molar-refractivity contribution < 1.29 is 9.53 Å². The average Bonchev–Trinajstić information content (AvgIpc) is 3.20. The lowest BCUT2D eigenvalue weighted by Crippen LogP contribution is -2.30. The Morgan fingerprint density at radius 3 is 2.91 bits per heavy atom. The van der Waals surface area contributed by atoms with Crippen molar-refractivity contribution in [2.75, 3.05) is 13.7 Å². The van der Waals surface area contributed by atoms with Gasteiger partial charge in [-0.2, -0.15) is 0 Å². The number of carbonyl (C=O) groups excluding carboxylic acids is 1. The summed E-state index contributed by atoms with van der Waals surface area (Å²) in [6, 6.07) is 10.3. The van der Waals surface area contributed by atoms with Crippen molar-refractivity contribution in [2.24, 2.45) is 0 Å². The van der Waals surface area contributed by atoms with Crippen molar-refractivity contribution in [1.82, 2.24) is 4.90 Å². The van der Waals surface area contributed by atoms with E-state index >= 15 is 0 Å². The smallest absolute Gasteiger partial charge is 0.264 e. The molecular weight excluding hydrogens is 306 g/mol. The van der Waals surface area contributed by atoms with E-state index in [0.717, 1.165) is 36.4 Å². The van der Waals surface area contributed by atoms with E-state index in [1.165, 1.54) is 16.0 Å². The van der Waals surface area contributed by atoms with Gasteiger partial charge in [0.15, 0.2) is 0 Å². The number of rotatable bonds is 4. The molecular formula is C19H23NO2S. The number of hydrogen-bond donors (Lipinski definition) is 0. The molecule has 3 nitrogen and oxygen atoms in total. The van der Waals surface area contributed by atoms with Crippen LogP contribution in [0.15, 0.2) is 30.3 Å². The maximum atomic E-state index is 13.0. The van der Waals surface area contributed by atoms with Crippen LogP contribution >= 0.6 is 11.3 Å². The van der Waals surface area contributed by atoms with Crippen LogP contribution < -0.4 is 4.74 Å². The minimum absolute atomic E-state index is 0.157. The lowest BCUT2D eigenvalue weighted by Gasteiger charge is -2.25.